The highest BCUT2D eigenvalue weighted by Gasteiger charge is 2.35. The molecule has 0 heterocycles. The van der Waals surface area contributed by atoms with Crippen molar-refractivity contribution in [2.75, 3.05) is 0 Å². The lowest BCUT2D eigenvalue weighted by Crippen LogP contribution is -2.27. The molecule has 2 heteroatoms. The highest BCUT2D eigenvalue weighted by Crippen LogP contribution is 2.48. The van der Waals surface area contributed by atoms with Gasteiger partial charge in [-0.1, -0.05) is 69.3 Å². The Bertz CT molecular complexity index is 811. The first-order valence-electron chi connectivity index (χ1n) is 8.77. The van der Waals surface area contributed by atoms with Crippen LogP contribution in [0.25, 0.3) is 16.7 Å². The number of hydrogen-bond acceptors (Lipinski definition) is 2. The molecule has 0 spiro atoms. The van der Waals surface area contributed by atoms with Gasteiger partial charge in [0.1, 0.15) is 5.76 Å². The molecule has 0 atom stereocenters. The number of benzene rings is 2. The van der Waals surface area contributed by atoms with Crippen LogP contribution < -0.4 is 0 Å². The monoisotopic (exact) mass is 334 g/mol. The van der Waals surface area contributed by atoms with E-state index in [4.69, 9.17) is 4.74 Å². The van der Waals surface area contributed by atoms with Crippen molar-refractivity contribution in [2.45, 2.75) is 41.5 Å². The zero-order chi connectivity index (χ0) is 18.4. The minimum absolute atomic E-state index is 0.202. The predicted octanol–water partition coefficient (Wildman–Crippen LogP) is 6.06. The summed E-state index contributed by atoms with van der Waals surface area (Å²) in [5.41, 5.74) is 4.86. The van der Waals surface area contributed by atoms with Gasteiger partial charge in [-0.3, -0.25) is 4.79 Å². The second-order valence-corrected chi connectivity index (χ2v) is 8.68. The highest BCUT2D eigenvalue weighted by atomic mass is 16.5. The van der Waals surface area contributed by atoms with Crippen LogP contribution in [0.5, 0.6) is 0 Å². The summed E-state index contributed by atoms with van der Waals surface area (Å²) < 4.78 is 6.02. The molecule has 3 rings (SSSR count). The summed E-state index contributed by atoms with van der Waals surface area (Å²) in [5, 5.41) is 0. The fourth-order valence-electron chi connectivity index (χ4n) is 3.09. The van der Waals surface area contributed by atoms with Gasteiger partial charge in [-0.05, 0) is 43.0 Å². The van der Waals surface area contributed by atoms with Crippen LogP contribution in [0.1, 0.15) is 52.7 Å². The van der Waals surface area contributed by atoms with Gasteiger partial charge >= 0.3 is 5.97 Å². The van der Waals surface area contributed by atoms with E-state index in [9.17, 15) is 4.79 Å². The molecule has 0 radical (unpaired) electrons. The third kappa shape index (κ3) is 3.13. The molecule has 2 nitrogen and oxygen atoms in total. The fourth-order valence-corrected chi connectivity index (χ4v) is 3.09. The summed E-state index contributed by atoms with van der Waals surface area (Å²) in [6.07, 6.45) is 0. The molecule has 25 heavy (non-hydrogen) atoms. The summed E-state index contributed by atoms with van der Waals surface area (Å²) >= 11 is 0. The Balaban J connectivity index is 2.29. The molecule has 130 valence electrons. The first-order valence-corrected chi connectivity index (χ1v) is 8.77. The van der Waals surface area contributed by atoms with Crippen molar-refractivity contribution in [3.05, 3.63) is 65.4 Å². The van der Waals surface area contributed by atoms with Crippen molar-refractivity contribution >= 4 is 11.5 Å². The van der Waals surface area contributed by atoms with Gasteiger partial charge in [-0.15, -0.1) is 0 Å². The van der Waals surface area contributed by atoms with Gasteiger partial charge in [0.15, 0.2) is 0 Å². The Morgan fingerprint density at radius 1 is 0.680 bits per heavy atom. The smallest absolute Gasteiger partial charge is 0.316 e. The molecule has 0 aromatic heterocycles. The third-order valence-electron chi connectivity index (χ3n) is 4.40. The predicted molar refractivity (Wildman–Crippen MR) is 103 cm³/mol. The average Bonchev–Trinajstić information content (AvgIpc) is 2.85. The molecule has 0 unspecified atom stereocenters. The van der Waals surface area contributed by atoms with Crippen LogP contribution in [0.3, 0.4) is 0 Å². The summed E-state index contributed by atoms with van der Waals surface area (Å²) in [5.74, 6) is 0.539. The second kappa shape index (κ2) is 5.87. The van der Waals surface area contributed by atoms with Crippen molar-refractivity contribution in [3.63, 3.8) is 0 Å². The first-order chi connectivity index (χ1) is 11.6. The number of carbonyl (C=O) groups is 1. The fraction of sp³-hybridized carbons (Fsp3) is 0.348. The number of allylic oxidation sites excluding steroid dienone is 1. The topological polar surface area (TPSA) is 26.3 Å². The normalized spacial score (nSPS) is 13.3. The first kappa shape index (κ1) is 17.5. The SMILES string of the molecule is CC(C)(C)C(=O)OC(=C1c2ccccc2-c2ccccc21)C(C)(C)C. The van der Waals surface area contributed by atoms with Gasteiger partial charge < -0.3 is 4.74 Å². The van der Waals surface area contributed by atoms with E-state index in [1.165, 1.54) is 11.1 Å². The van der Waals surface area contributed by atoms with Gasteiger partial charge in [-0.2, -0.15) is 0 Å². The van der Waals surface area contributed by atoms with E-state index in [1.54, 1.807) is 0 Å². The minimum Gasteiger partial charge on any atom is -0.429 e. The van der Waals surface area contributed by atoms with E-state index in [-0.39, 0.29) is 11.4 Å². The lowest BCUT2D eigenvalue weighted by atomic mass is 9.87. The summed E-state index contributed by atoms with van der Waals surface area (Å²) in [6, 6.07) is 16.7. The highest BCUT2D eigenvalue weighted by molar-refractivity contribution is 6.02. The van der Waals surface area contributed by atoms with Crippen LogP contribution in [0.2, 0.25) is 0 Å². The lowest BCUT2D eigenvalue weighted by Gasteiger charge is -2.28. The van der Waals surface area contributed by atoms with Crippen LogP contribution in [0.15, 0.2) is 54.3 Å². The second-order valence-electron chi connectivity index (χ2n) is 8.68. The van der Waals surface area contributed by atoms with Crippen molar-refractivity contribution in [1.82, 2.24) is 0 Å². The third-order valence-corrected chi connectivity index (χ3v) is 4.40. The average molecular weight is 334 g/mol. The molecular formula is C23H26O2. The molecule has 0 fully saturated rings. The Hall–Kier alpha value is -2.35. The maximum Gasteiger partial charge on any atom is 0.316 e. The zero-order valence-corrected chi connectivity index (χ0v) is 15.9. The Morgan fingerprint density at radius 3 is 1.44 bits per heavy atom. The van der Waals surface area contributed by atoms with E-state index >= 15 is 0 Å². The summed E-state index contributed by atoms with van der Waals surface area (Å²) in [6.45, 7) is 11.9. The van der Waals surface area contributed by atoms with Crippen LogP contribution in [0.4, 0.5) is 0 Å². The van der Waals surface area contributed by atoms with Crippen molar-refractivity contribution in [1.29, 1.82) is 0 Å². The molecule has 0 bridgehead atoms. The number of carbonyl (C=O) groups excluding carboxylic acids is 1. The maximum atomic E-state index is 12.6. The number of esters is 1. The van der Waals surface area contributed by atoms with E-state index in [0.717, 1.165) is 22.5 Å². The molecule has 1 aliphatic rings. The molecule has 0 saturated carbocycles. The molecule has 2 aromatic rings. The molecule has 0 aliphatic heterocycles. The van der Waals surface area contributed by atoms with Crippen LogP contribution >= 0.6 is 0 Å². The Kier molecular flexibility index (Phi) is 4.10. The largest absolute Gasteiger partial charge is 0.429 e. The standard InChI is InChI=1S/C23H26O2/c1-22(2,3)20(25-21(24)23(4,5)6)19-17-13-9-7-11-15(17)16-12-8-10-14-18(16)19/h7-14H,1-6H3. The zero-order valence-electron chi connectivity index (χ0n) is 15.9. The number of fused-ring (bicyclic) bond motifs is 3. The molecule has 2 aromatic carbocycles. The molecule has 0 amide bonds. The Morgan fingerprint density at radius 2 is 1.08 bits per heavy atom. The van der Waals surface area contributed by atoms with E-state index < -0.39 is 5.41 Å². The molecule has 0 saturated heterocycles. The van der Waals surface area contributed by atoms with Gasteiger partial charge in [0.05, 0.1) is 5.41 Å². The quantitative estimate of drug-likeness (QED) is 0.399. The number of hydrogen-bond donors (Lipinski definition) is 0. The number of ether oxygens (including phenoxy) is 1. The molecular weight excluding hydrogens is 308 g/mol. The molecule has 0 N–H and O–H groups in total. The van der Waals surface area contributed by atoms with Gasteiger partial charge in [-0.25, -0.2) is 0 Å². The molecule has 1 aliphatic carbocycles. The van der Waals surface area contributed by atoms with Crippen molar-refractivity contribution in [3.8, 4) is 11.1 Å². The minimum atomic E-state index is -0.547. The van der Waals surface area contributed by atoms with Crippen molar-refractivity contribution in [2.24, 2.45) is 10.8 Å². The lowest BCUT2D eigenvalue weighted by molar-refractivity contribution is -0.150. The van der Waals surface area contributed by atoms with Crippen LogP contribution in [0, 0.1) is 10.8 Å². The van der Waals surface area contributed by atoms with Gasteiger partial charge in [0.25, 0.3) is 0 Å². The van der Waals surface area contributed by atoms with E-state index in [0.29, 0.717) is 0 Å². The van der Waals surface area contributed by atoms with Gasteiger partial charge in [0, 0.05) is 11.0 Å². The van der Waals surface area contributed by atoms with Crippen LogP contribution in [-0.4, -0.2) is 5.97 Å². The summed E-state index contributed by atoms with van der Waals surface area (Å²) in [7, 11) is 0. The van der Waals surface area contributed by atoms with E-state index in [2.05, 4.69) is 57.2 Å². The summed E-state index contributed by atoms with van der Waals surface area (Å²) in [4.78, 5) is 12.6. The number of rotatable bonds is 1. The van der Waals surface area contributed by atoms with Crippen LogP contribution in [-0.2, 0) is 9.53 Å². The van der Waals surface area contributed by atoms with E-state index in [1.807, 2.05) is 32.9 Å². The Labute approximate surface area is 150 Å². The van der Waals surface area contributed by atoms with Gasteiger partial charge in [0.2, 0.25) is 0 Å². The maximum absolute atomic E-state index is 12.6. The van der Waals surface area contributed by atoms with Crippen molar-refractivity contribution < 1.29 is 9.53 Å².